The topological polar surface area (TPSA) is 26.0 Å². The number of rotatable bonds is 0. The fraction of sp³-hybridized carbons (Fsp3) is 1.00. The highest BCUT2D eigenvalue weighted by atomic mass is 14.8. The van der Waals surface area contributed by atoms with E-state index in [-0.39, 0.29) is 0 Å². The lowest BCUT2D eigenvalue weighted by atomic mass is 9.52. The van der Waals surface area contributed by atoms with E-state index in [0.29, 0.717) is 6.04 Å². The second kappa shape index (κ2) is 0.648. The van der Waals surface area contributed by atoms with E-state index in [1.165, 1.54) is 12.8 Å². The lowest BCUT2D eigenvalue weighted by molar-refractivity contribution is -0.0171. The molecule has 0 aliphatic heterocycles. The van der Waals surface area contributed by atoms with Crippen LogP contribution in [0.15, 0.2) is 0 Å². The van der Waals surface area contributed by atoms with Crippen molar-refractivity contribution in [2.45, 2.75) is 18.9 Å². The fourth-order valence-corrected chi connectivity index (χ4v) is 1.33. The molecule has 0 spiro atoms. The first-order valence-electron chi connectivity index (χ1n) is 2.63. The summed E-state index contributed by atoms with van der Waals surface area (Å²) in [5.41, 5.74) is 5.57. The Bertz CT molecular complexity index is 66.0. The zero-order valence-electron chi connectivity index (χ0n) is 3.72. The largest absolute Gasteiger partial charge is 0.327 e. The summed E-state index contributed by atoms with van der Waals surface area (Å²) in [7, 11) is 0. The van der Waals surface area contributed by atoms with Gasteiger partial charge in [-0.05, 0) is 24.7 Å². The first kappa shape index (κ1) is 3.03. The third-order valence-corrected chi connectivity index (χ3v) is 2.30. The van der Waals surface area contributed by atoms with Crippen molar-refractivity contribution >= 4 is 0 Å². The van der Waals surface area contributed by atoms with Crippen molar-refractivity contribution in [3.05, 3.63) is 0 Å². The summed E-state index contributed by atoms with van der Waals surface area (Å²) in [5, 5.41) is 0. The maximum absolute atomic E-state index is 5.57. The van der Waals surface area contributed by atoms with Crippen molar-refractivity contribution in [2.24, 2.45) is 17.6 Å². The average molecular weight is 83.1 g/mol. The Kier molecular flexibility index (Phi) is 0.327. The number of nitrogens with two attached hydrogens (primary N) is 1. The Hall–Kier alpha value is -0.0400. The minimum Gasteiger partial charge on any atom is -0.327 e. The second-order valence-electron chi connectivity index (χ2n) is 2.57. The van der Waals surface area contributed by atoms with Gasteiger partial charge in [-0.25, -0.2) is 0 Å². The van der Waals surface area contributed by atoms with Gasteiger partial charge in [-0.3, -0.25) is 0 Å². The summed E-state index contributed by atoms with van der Waals surface area (Å²) in [6.45, 7) is 0. The minimum atomic E-state index is 0.630. The van der Waals surface area contributed by atoms with E-state index in [1.54, 1.807) is 0 Å². The van der Waals surface area contributed by atoms with Gasteiger partial charge >= 0.3 is 0 Å². The van der Waals surface area contributed by atoms with Crippen molar-refractivity contribution in [3.8, 4) is 0 Å². The lowest BCUT2D eigenvalue weighted by Crippen LogP contribution is -2.60. The summed E-state index contributed by atoms with van der Waals surface area (Å²) in [6, 6.07) is 0.630. The Labute approximate surface area is 37.5 Å². The monoisotopic (exact) mass is 83.1 g/mol. The molecule has 0 unspecified atom stereocenters. The second-order valence-corrected chi connectivity index (χ2v) is 2.57. The molecule has 3 aliphatic rings. The van der Waals surface area contributed by atoms with E-state index in [2.05, 4.69) is 0 Å². The number of hydrogen-bond donors (Lipinski definition) is 1. The standard InChI is InChI=1S/C5H9N/c6-5-3-1-4(5)2-3/h3-5H,1-2,6H2. The summed E-state index contributed by atoms with van der Waals surface area (Å²) in [6.07, 6.45) is 2.89. The molecule has 0 radical (unpaired) electrons. The summed E-state index contributed by atoms with van der Waals surface area (Å²) < 4.78 is 0. The molecule has 0 aromatic rings. The van der Waals surface area contributed by atoms with Crippen LogP contribution in [-0.4, -0.2) is 6.04 Å². The maximum Gasteiger partial charge on any atom is 0.00960 e. The molecule has 2 bridgehead atoms. The Morgan fingerprint density at radius 3 is 1.50 bits per heavy atom. The summed E-state index contributed by atoms with van der Waals surface area (Å²) >= 11 is 0. The third-order valence-electron chi connectivity index (χ3n) is 2.30. The van der Waals surface area contributed by atoms with Crippen LogP contribution in [0.4, 0.5) is 0 Å². The zero-order chi connectivity index (χ0) is 4.15. The highest BCUT2D eigenvalue weighted by Gasteiger charge is 2.49. The molecule has 34 valence electrons. The van der Waals surface area contributed by atoms with Crippen LogP contribution in [0.2, 0.25) is 0 Å². The molecule has 6 heavy (non-hydrogen) atoms. The molecule has 3 aliphatic carbocycles. The molecule has 0 heterocycles. The maximum atomic E-state index is 5.57. The van der Waals surface area contributed by atoms with Crippen LogP contribution in [0.25, 0.3) is 0 Å². The van der Waals surface area contributed by atoms with E-state index < -0.39 is 0 Å². The van der Waals surface area contributed by atoms with Crippen LogP contribution < -0.4 is 5.73 Å². The van der Waals surface area contributed by atoms with Crippen molar-refractivity contribution < 1.29 is 0 Å². The normalized spacial score (nSPS) is 62.5. The molecular formula is C5H9N. The van der Waals surface area contributed by atoms with Crippen LogP contribution in [-0.2, 0) is 0 Å². The van der Waals surface area contributed by atoms with E-state index in [4.69, 9.17) is 5.73 Å². The van der Waals surface area contributed by atoms with Crippen molar-refractivity contribution in [1.82, 2.24) is 0 Å². The molecule has 2 N–H and O–H groups in total. The highest BCUT2D eigenvalue weighted by molar-refractivity contribution is 5.04. The van der Waals surface area contributed by atoms with Crippen molar-refractivity contribution in [1.29, 1.82) is 0 Å². The predicted octanol–water partition coefficient (Wildman–Crippen LogP) is 0.353. The van der Waals surface area contributed by atoms with Gasteiger partial charge in [-0.1, -0.05) is 0 Å². The third kappa shape index (κ3) is 0.136. The molecule has 0 saturated heterocycles. The first-order valence-corrected chi connectivity index (χ1v) is 2.63. The van der Waals surface area contributed by atoms with Crippen molar-refractivity contribution in [2.75, 3.05) is 0 Å². The van der Waals surface area contributed by atoms with Gasteiger partial charge in [0, 0.05) is 6.04 Å². The van der Waals surface area contributed by atoms with E-state index in [0.717, 1.165) is 11.8 Å². The van der Waals surface area contributed by atoms with Gasteiger partial charge in [0.25, 0.3) is 0 Å². The summed E-state index contributed by atoms with van der Waals surface area (Å²) in [4.78, 5) is 0. The van der Waals surface area contributed by atoms with Gasteiger partial charge in [0.05, 0.1) is 0 Å². The summed E-state index contributed by atoms with van der Waals surface area (Å²) in [5.74, 6) is 1.91. The molecule has 0 atom stereocenters. The fourth-order valence-electron chi connectivity index (χ4n) is 1.33. The van der Waals surface area contributed by atoms with Gasteiger partial charge in [-0.15, -0.1) is 0 Å². The van der Waals surface area contributed by atoms with Gasteiger partial charge in [0.1, 0.15) is 0 Å². The van der Waals surface area contributed by atoms with Crippen LogP contribution in [0, 0.1) is 11.8 Å². The molecule has 1 nitrogen and oxygen atoms in total. The lowest BCUT2D eigenvalue weighted by Gasteiger charge is -2.56. The van der Waals surface area contributed by atoms with Crippen LogP contribution in [0.3, 0.4) is 0 Å². The van der Waals surface area contributed by atoms with Crippen LogP contribution in [0.1, 0.15) is 12.8 Å². The smallest absolute Gasteiger partial charge is 0.00960 e. The quantitative estimate of drug-likeness (QED) is 0.449. The molecule has 0 amide bonds. The average Bonchev–Trinajstić information content (AvgIpc) is 1.28. The zero-order valence-corrected chi connectivity index (χ0v) is 3.72. The van der Waals surface area contributed by atoms with E-state index in [1.807, 2.05) is 0 Å². The Balaban J connectivity index is 2.11. The molecule has 3 saturated carbocycles. The molecule has 3 fully saturated rings. The Morgan fingerprint density at radius 1 is 1.17 bits per heavy atom. The van der Waals surface area contributed by atoms with Crippen LogP contribution in [0.5, 0.6) is 0 Å². The van der Waals surface area contributed by atoms with E-state index >= 15 is 0 Å². The van der Waals surface area contributed by atoms with Crippen molar-refractivity contribution in [3.63, 3.8) is 0 Å². The van der Waals surface area contributed by atoms with Crippen LogP contribution >= 0.6 is 0 Å². The van der Waals surface area contributed by atoms with Gasteiger partial charge in [0.15, 0.2) is 0 Å². The van der Waals surface area contributed by atoms with E-state index in [9.17, 15) is 0 Å². The minimum absolute atomic E-state index is 0.630. The number of hydrogen-bond acceptors (Lipinski definition) is 1. The van der Waals surface area contributed by atoms with Gasteiger partial charge in [0.2, 0.25) is 0 Å². The first-order chi connectivity index (χ1) is 2.88. The van der Waals surface area contributed by atoms with Gasteiger partial charge in [-0.2, -0.15) is 0 Å². The molecule has 3 rings (SSSR count). The Morgan fingerprint density at radius 2 is 1.50 bits per heavy atom. The molecule has 0 aromatic carbocycles. The highest BCUT2D eigenvalue weighted by Crippen LogP contribution is 2.51. The van der Waals surface area contributed by atoms with Gasteiger partial charge < -0.3 is 5.73 Å². The predicted molar refractivity (Wildman–Crippen MR) is 24.2 cm³/mol. The SMILES string of the molecule is NC1C2CC1C2. The molecule has 0 aromatic heterocycles. The molecular weight excluding hydrogens is 74.1 g/mol. The molecule has 1 heteroatoms.